The van der Waals surface area contributed by atoms with E-state index in [-0.39, 0.29) is 11.9 Å². The van der Waals surface area contributed by atoms with Gasteiger partial charge >= 0.3 is 0 Å². The Labute approximate surface area is 196 Å². The molecule has 0 bridgehead atoms. The molecule has 4 aromatic rings. The number of nitrogens with zero attached hydrogens (tertiary/aromatic N) is 3. The Morgan fingerprint density at radius 2 is 1.64 bits per heavy atom. The van der Waals surface area contributed by atoms with E-state index in [1.54, 1.807) is 12.1 Å². The van der Waals surface area contributed by atoms with Crippen LogP contribution < -0.4 is 5.32 Å². The van der Waals surface area contributed by atoms with E-state index in [4.69, 9.17) is 21.7 Å². The van der Waals surface area contributed by atoms with Crippen molar-refractivity contribution in [1.82, 2.24) is 20.4 Å². The molecule has 1 unspecified atom stereocenters. The zero-order valence-corrected chi connectivity index (χ0v) is 18.7. The van der Waals surface area contributed by atoms with Gasteiger partial charge < -0.3 is 14.7 Å². The van der Waals surface area contributed by atoms with Gasteiger partial charge in [-0.05, 0) is 42.4 Å². The number of benzene rings is 3. The fraction of sp³-hybridized carbons (Fsp3) is 0.115. The third-order valence-corrected chi connectivity index (χ3v) is 6.01. The lowest BCUT2D eigenvalue weighted by atomic mass is 9.94. The van der Waals surface area contributed by atoms with Gasteiger partial charge in [0.2, 0.25) is 5.82 Å². The molecule has 33 heavy (non-hydrogen) atoms. The number of allylic oxidation sites excluding steroid dienone is 1. The molecular weight excluding hydrogens is 435 g/mol. The minimum Gasteiger partial charge on any atom is -0.351 e. The molecule has 0 spiro atoms. The van der Waals surface area contributed by atoms with Crippen LogP contribution in [-0.2, 0) is 6.54 Å². The highest BCUT2D eigenvalue weighted by Gasteiger charge is 2.34. The molecule has 7 heteroatoms. The quantitative estimate of drug-likeness (QED) is 0.387. The van der Waals surface area contributed by atoms with Crippen LogP contribution in [0.3, 0.4) is 0 Å². The van der Waals surface area contributed by atoms with Crippen molar-refractivity contribution in [1.29, 1.82) is 0 Å². The monoisotopic (exact) mass is 456 g/mol. The average Bonchev–Trinajstić information content (AvgIpc) is 3.33. The summed E-state index contributed by atoms with van der Waals surface area (Å²) >= 11 is 5.73. The zero-order valence-electron chi connectivity index (χ0n) is 17.9. The van der Waals surface area contributed by atoms with E-state index in [0.29, 0.717) is 23.4 Å². The first-order valence-corrected chi connectivity index (χ1v) is 11.0. The fourth-order valence-corrected chi connectivity index (χ4v) is 4.27. The van der Waals surface area contributed by atoms with Crippen molar-refractivity contribution < 1.29 is 8.91 Å². The Morgan fingerprint density at radius 3 is 2.33 bits per heavy atom. The molecule has 5 rings (SSSR count). The van der Waals surface area contributed by atoms with Gasteiger partial charge in [0.05, 0.1) is 11.6 Å². The molecular formula is C26H21FN4OS. The van der Waals surface area contributed by atoms with E-state index < -0.39 is 0 Å². The maximum absolute atomic E-state index is 13.4. The normalized spacial score (nSPS) is 16.1. The molecule has 1 N–H and O–H groups in total. The van der Waals surface area contributed by atoms with Gasteiger partial charge in [0.25, 0.3) is 5.89 Å². The summed E-state index contributed by atoms with van der Waals surface area (Å²) in [4.78, 5) is 6.69. The third-order valence-electron chi connectivity index (χ3n) is 5.67. The number of aromatic nitrogens is 2. The van der Waals surface area contributed by atoms with Crippen molar-refractivity contribution in [3.05, 3.63) is 113 Å². The van der Waals surface area contributed by atoms with E-state index in [0.717, 1.165) is 28.0 Å². The maximum atomic E-state index is 13.4. The van der Waals surface area contributed by atoms with Crippen molar-refractivity contribution in [2.24, 2.45) is 0 Å². The summed E-state index contributed by atoms with van der Waals surface area (Å²) in [5.41, 5.74) is 4.61. The van der Waals surface area contributed by atoms with Gasteiger partial charge in [0.15, 0.2) is 5.11 Å². The highest BCUT2D eigenvalue weighted by molar-refractivity contribution is 7.80. The molecule has 0 radical (unpaired) electrons. The van der Waals surface area contributed by atoms with Gasteiger partial charge in [-0.1, -0.05) is 78.0 Å². The van der Waals surface area contributed by atoms with Crippen molar-refractivity contribution in [3.8, 4) is 11.4 Å². The molecule has 164 valence electrons. The van der Waals surface area contributed by atoms with E-state index in [2.05, 4.69) is 10.5 Å². The number of halogens is 1. The molecule has 1 aliphatic heterocycles. The van der Waals surface area contributed by atoms with Gasteiger partial charge in [-0.15, -0.1) is 0 Å². The Morgan fingerprint density at radius 1 is 0.970 bits per heavy atom. The average molecular weight is 457 g/mol. The summed E-state index contributed by atoms with van der Waals surface area (Å²) in [6.45, 7) is 2.48. The van der Waals surface area contributed by atoms with Crippen LogP contribution in [0.15, 0.2) is 95.1 Å². The van der Waals surface area contributed by atoms with Crippen molar-refractivity contribution in [2.75, 3.05) is 0 Å². The molecule has 5 nitrogen and oxygen atoms in total. The van der Waals surface area contributed by atoms with E-state index in [1.165, 1.54) is 12.1 Å². The summed E-state index contributed by atoms with van der Waals surface area (Å²) in [6.07, 6.45) is 0. The van der Waals surface area contributed by atoms with Gasteiger partial charge in [-0.2, -0.15) is 4.98 Å². The summed E-state index contributed by atoms with van der Waals surface area (Å²) < 4.78 is 19.1. The SMILES string of the molecule is CC1=C(c2nc(-c3ccccc3)no2)C(c2ccccc2)NC(=S)N1Cc1ccc(F)cc1. The molecule has 1 aromatic heterocycles. The maximum Gasteiger partial charge on any atom is 0.258 e. The van der Waals surface area contributed by atoms with Gasteiger partial charge in [-0.25, -0.2) is 4.39 Å². The molecule has 1 aliphatic rings. The summed E-state index contributed by atoms with van der Waals surface area (Å²) in [5, 5.41) is 8.24. The van der Waals surface area contributed by atoms with Crippen LogP contribution in [0.1, 0.15) is 30.0 Å². The number of hydrogen-bond donors (Lipinski definition) is 1. The van der Waals surface area contributed by atoms with Gasteiger partial charge in [-0.3, -0.25) is 0 Å². The summed E-state index contributed by atoms with van der Waals surface area (Å²) in [7, 11) is 0. The van der Waals surface area contributed by atoms with Crippen molar-refractivity contribution in [3.63, 3.8) is 0 Å². The lowest BCUT2D eigenvalue weighted by Crippen LogP contribution is -2.45. The van der Waals surface area contributed by atoms with Crippen LogP contribution in [0, 0.1) is 5.82 Å². The molecule has 0 saturated carbocycles. The van der Waals surface area contributed by atoms with E-state index in [1.807, 2.05) is 72.5 Å². The molecule has 0 fully saturated rings. The Hall–Kier alpha value is -3.84. The zero-order chi connectivity index (χ0) is 22.8. The van der Waals surface area contributed by atoms with Gasteiger partial charge in [0, 0.05) is 17.8 Å². The Kier molecular flexibility index (Phi) is 5.71. The first-order chi connectivity index (χ1) is 16.1. The highest BCUT2D eigenvalue weighted by atomic mass is 32.1. The van der Waals surface area contributed by atoms with Gasteiger partial charge in [0.1, 0.15) is 5.82 Å². The predicted octanol–water partition coefficient (Wildman–Crippen LogP) is 5.74. The second-order valence-electron chi connectivity index (χ2n) is 7.79. The summed E-state index contributed by atoms with van der Waals surface area (Å²) in [5.74, 6) is 0.685. The van der Waals surface area contributed by atoms with Crippen molar-refractivity contribution >= 4 is 22.9 Å². The lowest BCUT2D eigenvalue weighted by molar-refractivity contribution is 0.396. The van der Waals surface area contributed by atoms with Crippen LogP contribution in [-0.4, -0.2) is 20.2 Å². The second-order valence-corrected chi connectivity index (χ2v) is 8.18. The van der Waals surface area contributed by atoms with Crippen LogP contribution in [0.25, 0.3) is 17.0 Å². The molecule has 2 heterocycles. The largest absolute Gasteiger partial charge is 0.351 e. The standard InChI is InChI=1S/C26H21FN4OS/c1-17-22(25-29-24(30-32-25)20-10-6-3-7-11-20)23(19-8-4-2-5-9-19)28-26(33)31(17)16-18-12-14-21(27)15-13-18/h2-15,23H,16H2,1H3,(H,28,33). The second kappa shape index (κ2) is 8.96. The molecule has 1 atom stereocenters. The fourth-order valence-electron chi connectivity index (χ4n) is 3.95. The Bertz CT molecular complexity index is 1300. The number of rotatable bonds is 5. The third kappa shape index (κ3) is 4.27. The molecule has 0 aliphatic carbocycles. The van der Waals surface area contributed by atoms with Crippen LogP contribution >= 0.6 is 12.2 Å². The van der Waals surface area contributed by atoms with Crippen LogP contribution in [0.2, 0.25) is 0 Å². The van der Waals surface area contributed by atoms with E-state index in [9.17, 15) is 4.39 Å². The minimum atomic E-state index is -0.269. The minimum absolute atomic E-state index is 0.243. The molecule has 0 saturated heterocycles. The number of nitrogens with one attached hydrogen (secondary N) is 1. The van der Waals surface area contributed by atoms with E-state index >= 15 is 0 Å². The topological polar surface area (TPSA) is 54.2 Å². The lowest BCUT2D eigenvalue weighted by Gasteiger charge is -2.37. The predicted molar refractivity (Wildman–Crippen MR) is 129 cm³/mol. The van der Waals surface area contributed by atoms with Crippen LogP contribution in [0.5, 0.6) is 0 Å². The smallest absolute Gasteiger partial charge is 0.258 e. The first-order valence-electron chi connectivity index (χ1n) is 10.6. The highest BCUT2D eigenvalue weighted by Crippen LogP contribution is 2.37. The number of thiocarbonyl (C=S) groups is 1. The number of hydrogen-bond acceptors (Lipinski definition) is 4. The van der Waals surface area contributed by atoms with Crippen LogP contribution in [0.4, 0.5) is 4.39 Å². The molecule has 0 amide bonds. The Balaban J connectivity index is 1.59. The van der Waals surface area contributed by atoms with Crippen molar-refractivity contribution in [2.45, 2.75) is 19.5 Å². The molecule has 3 aromatic carbocycles. The first kappa shape index (κ1) is 21.0. The summed E-state index contributed by atoms with van der Waals surface area (Å²) in [6, 6.07) is 25.9.